The number of nitrogens with zero attached hydrogens (tertiary/aromatic N) is 2. The van der Waals surface area contributed by atoms with Crippen molar-refractivity contribution in [1.82, 2.24) is 14.8 Å². The Kier molecular flexibility index (Phi) is 9.06. The molecule has 1 unspecified atom stereocenters. The van der Waals surface area contributed by atoms with Crippen LogP contribution >= 0.6 is 0 Å². The first kappa shape index (κ1) is 32.8. The molecular formula is C38H46FN3O6. The summed E-state index contributed by atoms with van der Waals surface area (Å²) in [6.07, 6.45) is 4.68. The Hall–Kier alpha value is -3.76. The third-order valence-corrected chi connectivity index (χ3v) is 11.7. The van der Waals surface area contributed by atoms with E-state index >= 15 is 0 Å². The lowest BCUT2D eigenvalue weighted by Crippen LogP contribution is -2.58. The lowest BCUT2D eigenvalue weighted by Gasteiger charge is -2.46. The molecule has 0 bridgehead atoms. The molecule has 2 N–H and O–H groups in total. The van der Waals surface area contributed by atoms with Gasteiger partial charge >= 0.3 is 12.0 Å². The number of carbonyl (C=O) groups is 3. The summed E-state index contributed by atoms with van der Waals surface area (Å²) in [5.74, 6) is -1.32. The molecule has 9 nitrogen and oxygen atoms in total. The summed E-state index contributed by atoms with van der Waals surface area (Å²) in [5.41, 5.74) is 2.50. The van der Waals surface area contributed by atoms with Gasteiger partial charge < -0.3 is 24.8 Å². The number of carboxylic acid groups (broad SMARTS) is 1. The Bertz CT molecular complexity index is 1690. The lowest BCUT2D eigenvalue weighted by atomic mass is 9.69. The van der Waals surface area contributed by atoms with Gasteiger partial charge in [-0.25, -0.2) is 9.18 Å². The Balaban J connectivity index is 1.19. The van der Waals surface area contributed by atoms with Gasteiger partial charge in [-0.15, -0.1) is 0 Å². The molecule has 4 aliphatic rings. The second kappa shape index (κ2) is 13.3. The predicted molar refractivity (Wildman–Crippen MR) is 178 cm³/mol. The lowest BCUT2D eigenvalue weighted by molar-refractivity contribution is -0.143. The zero-order chi connectivity index (χ0) is 33.6. The summed E-state index contributed by atoms with van der Waals surface area (Å²) in [6, 6.07) is 13.9. The minimum atomic E-state index is -0.854. The van der Waals surface area contributed by atoms with Gasteiger partial charge in [-0.2, -0.15) is 0 Å². The van der Waals surface area contributed by atoms with Crippen LogP contribution in [0.25, 0.3) is 10.9 Å². The van der Waals surface area contributed by atoms with Crippen LogP contribution < -0.4 is 5.32 Å². The highest BCUT2D eigenvalue weighted by Gasteiger charge is 2.48. The van der Waals surface area contributed by atoms with E-state index in [0.29, 0.717) is 70.4 Å². The number of piperidine rings is 1. The van der Waals surface area contributed by atoms with Gasteiger partial charge in [-0.1, -0.05) is 37.3 Å². The highest BCUT2D eigenvalue weighted by molar-refractivity contribution is 5.96. The Labute approximate surface area is 280 Å². The first-order valence-electron chi connectivity index (χ1n) is 17.6. The van der Waals surface area contributed by atoms with Crippen LogP contribution in [0.4, 0.5) is 9.18 Å². The van der Waals surface area contributed by atoms with E-state index in [0.717, 1.165) is 35.0 Å². The smallest absolute Gasteiger partial charge is 0.329 e. The molecule has 1 aromatic heterocycles. The normalized spacial score (nSPS) is 29.7. The van der Waals surface area contributed by atoms with Crippen LogP contribution in [0.15, 0.2) is 48.5 Å². The van der Waals surface area contributed by atoms with Gasteiger partial charge in [0.25, 0.3) is 0 Å². The highest BCUT2D eigenvalue weighted by atomic mass is 19.1. The van der Waals surface area contributed by atoms with Gasteiger partial charge in [0.15, 0.2) is 0 Å². The summed E-state index contributed by atoms with van der Waals surface area (Å²) in [6.45, 7) is 6.21. The Morgan fingerprint density at radius 3 is 2.48 bits per heavy atom. The molecule has 2 saturated heterocycles. The number of rotatable bonds is 5. The van der Waals surface area contributed by atoms with Crippen LogP contribution in [-0.4, -0.2) is 70.9 Å². The van der Waals surface area contributed by atoms with Crippen molar-refractivity contribution in [3.63, 3.8) is 0 Å². The first-order chi connectivity index (χ1) is 23.2. The Morgan fingerprint density at radius 2 is 1.77 bits per heavy atom. The molecule has 3 aromatic rings. The van der Waals surface area contributed by atoms with E-state index in [9.17, 15) is 23.9 Å². The number of nitrogens with one attached hydrogen (secondary N) is 1. The minimum Gasteiger partial charge on any atom is -0.481 e. The van der Waals surface area contributed by atoms with E-state index in [4.69, 9.17) is 9.47 Å². The molecule has 7 rings (SSSR count). The molecule has 4 heterocycles. The summed E-state index contributed by atoms with van der Waals surface area (Å²) >= 11 is 0. The van der Waals surface area contributed by atoms with Gasteiger partial charge in [-0.05, 0) is 87.5 Å². The number of amides is 2. The third kappa shape index (κ3) is 5.81. The number of benzene rings is 2. The van der Waals surface area contributed by atoms with Crippen LogP contribution in [-0.2, 0) is 30.9 Å². The first-order valence-corrected chi connectivity index (χ1v) is 17.6. The molecule has 2 aromatic carbocycles. The Morgan fingerprint density at radius 1 is 1.00 bits per heavy atom. The van der Waals surface area contributed by atoms with Gasteiger partial charge in [0.2, 0.25) is 5.91 Å². The number of carbonyl (C=O) groups excluding carboxylic acids is 2. The zero-order valence-corrected chi connectivity index (χ0v) is 27.8. The van der Waals surface area contributed by atoms with E-state index in [1.807, 2.05) is 49.1 Å². The van der Waals surface area contributed by atoms with Crippen LogP contribution in [0, 0.1) is 23.6 Å². The fourth-order valence-electron chi connectivity index (χ4n) is 9.04. The van der Waals surface area contributed by atoms with Crippen molar-refractivity contribution in [2.75, 3.05) is 26.4 Å². The van der Waals surface area contributed by atoms with E-state index in [1.165, 1.54) is 12.1 Å². The van der Waals surface area contributed by atoms with Crippen molar-refractivity contribution in [3.8, 4) is 0 Å². The fraction of sp³-hybridized carbons (Fsp3) is 0.553. The molecule has 3 aliphatic heterocycles. The average Bonchev–Trinajstić information content (AvgIpc) is 3.42. The van der Waals surface area contributed by atoms with Crippen molar-refractivity contribution < 1.29 is 33.4 Å². The number of halogens is 1. The van der Waals surface area contributed by atoms with Gasteiger partial charge in [-0.3, -0.25) is 14.2 Å². The molecule has 1 saturated carbocycles. The predicted octanol–water partition coefficient (Wildman–Crippen LogP) is 6.22. The van der Waals surface area contributed by atoms with Crippen molar-refractivity contribution in [2.24, 2.45) is 17.8 Å². The molecule has 48 heavy (non-hydrogen) atoms. The largest absolute Gasteiger partial charge is 0.481 e. The molecule has 3 fully saturated rings. The maximum Gasteiger partial charge on any atom is 0.329 e. The number of aliphatic carboxylic acids is 1. The summed E-state index contributed by atoms with van der Waals surface area (Å²) in [4.78, 5) is 42.5. The van der Waals surface area contributed by atoms with Crippen LogP contribution in [0.2, 0.25) is 0 Å². The topological polar surface area (TPSA) is 110 Å². The van der Waals surface area contributed by atoms with Crippen molar-refractivity contribution in [3.05, 3.63) is 71.2 Å². The van der Waals surface area contributed by atoms with E-state index in [1.54, 1.807) is 10.6 Å². The zero-order valence-electron chi connectivity index (χ0n) is 27.8. The minimum absolute atomic E-state index is 0.0400. The van der Waals surface area contributed by atoms with Gasteiger partial charge in [0.05, 0.1) is 29.6 Å². The molecule has 0 radical (unpaired) electrons. The monoisotopic (exact) mass is 659 g/mol. The maximum atomic E-state index is 14.8. The highest BCUT2D eigenvalue weighted by Crippen LogP contribution is 2.45. The van der Waals surface area contributed by atoms with Crippen molar-refractivity contribution in [2.45, 2.75) is 88.8 Å². The fourth-order valence-corrected chi connectivity index (χ4v) is 9.04. The van der Waals surface area contributed by atoms with E-state index in [-0.39, 0.29) is 47.9 Å². The van der Waals surface area contributed by atoms with Crippen LogP contribution in [0.3, 0.4) is 0 Å². The number of ether oxygens (including phenoxy) is 2. The number of likely N-dealkylation sites (tertiary alicyclic amines) is 1. The maximum absolute atomic E-state index is 14.8. The molecule has 256 valence electrons. The summed E-state index contributed by atoms with van der Waals surface area (Å²) in [5, 5.41) is 13.7. The quantitative estimate of drug-likeness (QED) is 0.337. The second-order valence-corrected chi connectivity index (χ2v) is 14.5. The standard InChI is InChI=1S/C38H46FN3O6/c1-23-20-26(35(43)44)8-11-30(23)40-36(45)38(27-6-4-3-5-7-27)15-16-41(24(2)22-38)37(46)42-31-14-19-48-34(25-12-17-47-18-13-25)33(31)29-10-9-28(39)21-32(29)42/h3-7,9-10,21,23-26,30,34H,8,11-20,22H2,1-2H3,(H,40,45)(H,43,44)/t23-,24-,26-,30-,34?,38-/m0/s1. The molecule has 6 atom stereocenters. The van der Waals surface area contributed by atoms with Crippen LogP contribution in [0.5, 0.6) is 0 Å². The molecule has 0 spiro atoms. The number of fused-ring (bicyclic) bond motifs is 3. The van der Waals surface area contributed by atoms with Gasteiger partial charge in [0.1, 0.15) is 5.82 Å². The number of hydrogen-bond acceptors (Lipinski definition) is 5. The number of hydrogen-bond donors (Lipinski definition) is 2. The molecule has 1 aliphatic carbocycles. The molecule has 10 heteroatoms. The molecular weight excluding hydrogens is 613 g/mol. The SMILES string of the molecule is C[C@H]1C[C@@H](C(=O)O)CC[C@@H]1NC(=O)[C@@]1(c2ccccc2)CCN(C(=O)n2c3c(c4ccc(F)cc42)C(C2CCOCC2)OCC3)[C@@H](C)C1. The molecule has 2 amide bonds. The third-order valence-electron chi connectivity index (χ3n) is 11.7. The van der Waals surface area contributed by atoms with Crippen molar-refractivity contribution in [1.29, 1.82) is 0 Å². The summed E-state index contributed by atoms with van der Waals surface area (Å²) in [7, 11) is 0. The van der Waals surface area contributed by atoms with Gasteiger partial charge in [0, 0.05) is 54.9 Å². The van der Waals surface area contributed by atoms with E-state index in [2.05, 4.69) is 5.32 Å². The second-order valence-electron chi connectivity index (χ2n) is 14.5. The van der Waals surface area contributed by atoms with Crippen LogP contribution in [0.1, 0.15) is 81.7 Å². The van der Waals surface area contributed by atoms with Crippen molar-refractivity contribution >= 4 is 28.8 Å². The number of aromatic nitrogens is 1. The summed E-state index contributed by atoms with van der Waals surface area (Å²) < 4.78 is 28.5. The number of carboxylic acids is 1. The van der Waals surface area contributed by atoms with E-state index < -0.39 is 17.2 Å². The average molecular weight is 660 g/mol.